The maximum atomic E-state index is 12.1. The van der Waals surface area contributed by atoms with Crippen molar-refractivity contribution in [2.75, 3.05) is 0 Å². The molecule has 0 saturated carbocycles. The van der Waals surface area contributed by atoms with Crippen LogP contribution in [0.5, 0.6) is 0 Å². The molecule has 0 fully saturated rings. The van der Waals surface area contributed by atoms with Crippen molar-refractivity contribution in [2.45, 2.75) is 25.0 Å². The minimum atomic E-state index is -5.26. The summed E-state index contributed by atoms with van der Waals surface area (Å²) >= 11 is 0. The first kappa shape index (κ1) is 12.7. The molecule has 0 nitrogen and oxygen atoms in total. The van der Waals surface area contributed by atoms with Gasteiger partial charge in [-0.1, -0.05) is 5.72 Å². The van der Waals surface area contributed by atoms with Gasteiger partial charge in [-0.05, 0) is 6.92 Å². The smallest absolute Gasteiger partial charge is 0.170 e. The van der Waals surface area contributed by atoms with Crippen molar-refractivity contribution in [3.8, 4) is 0 Å². The number of hydrogen-bond acceptors (Lipinski definition) is 0. The highest BCUT2D eigenvalue weighted by Gasteiger charge is 2.68. The number of hydrogen-bond donors (Lipinski definition) is 0. The maximum Gasteiger partial charge on any atom is 0.401 e. The van der Waals surface area contributed by atoms with E-state index in [4.69, 9.17) is 0 Å². The monoisotopic (exact) mass is 204 g/mol. The first-order valence-electron chi connectivity index (χ1n) is 3.58. The molecule has 0 heterocycles. The van der Waals surface area contributed by atoms with Crippen LogP contribution in [0.4, 0.5) is 26.3 Å². The molecule has 0 bridgehead atoms. The van der Waals surface area contributed by atoms with Gasteiger partial charge in [-0.3, -0.25) is 0 Å². The van der Waals surface area contributed by atoms with E-state index in [9.17, 15) is 26.3 Å². The molecule has 0 aromatic rings. The summed E-state index contributed by atoms with van der Waals surface area (Å²) in [6.45, 7) is 0.178. The molecule has 0 aromatic carbocycles. The summed E-state index contributed by atoms with van der Waals surface area (Å²) in [5, 5.41) is 0. The molecule has 0 unspecified atom stereocenters. The van der Waals surface area contributed by atoms with Crippen LogP contribution in [0.15, 0.2) is 0 Å². The largest absolute Gasteiger partial charge is 0.401 e. The fourth-order valence-electron chi connectivity index (χ4n) is 0.815. The second-order valence-electron chi connectivity index (χ2n) is 3.35. The lowest BCUT2D eigenvalue weighted by molar-refractivity contribution is -0.330. The van der Waals surface area contributed by atoms with Crippen LogP contribution in [0.2, 0.25) is 5.72 Å². The zero-order valence-electron chi connectivity index (χ0n) is 7.35. The average molecular weight is 204 g/mol. The van der Waals surface area contributed by atoms with Crippen molar-refractivity contribution in [2.24, 2.45) is 5.41 Å². The zero-order chi connectivity index (χ0) is 11.1. The predicted octanol–water partition coefficient (Wildman–Crippen LogP) is 1.13. The maximum absolute atomic E-state index is 12.1. The Balaban J connectivity index is 5.22. The summed E-state index contributed by atoms with van der Waals surface area (Å²) < 4.78 is 72.8. The molecule has 8 heteroatoms. The zero-order valence-corrected chi connectivity index (χ0v) is 7.35. The van der Waals surface area contributed by atoms with E-state index in [0.717, 1.165) is 15.7 Å². The third-order valence-corrected chi connectivity index (χ3v) is 2.33. The lowest BCUT2D eigenvalue weighted by Crippen LogP contribution is -2.50. The van der Waals surface area contributed by atoms with Crippen LogP contribution in [0, 0.1) is 5.41 Å². The lowest BCUT2D eigenvalue weighted by Gasteiger charge is -2.37. The molecule has 0 amide bonds. The van der Waals surface area contributed by atoms with E-state index in [2.05, 4.69) is 0 Å². The van der Waals surface area contributed by atoms with E-state index in [1.165, 1.54) is 0 Å². The Hall–Kier alpha value is -0.290. The van der Waals surface area contributed by atoms with E-state index in [1.54, 1.807) is 0 Å². The van der Waals surface area contributed by atoms with Crippen LogP contribution < -0.4 is 0 Å². The van der Waals surface area contributed by atoms with E-state index >= 15 is 0 Å². The first-order chi connectivity index (χ1) is 5.44. The highest BCUT2D eigenvalue weighted by atomic mass is 19.4. The van der Waals surface area contributed by atoms with Gasteiger partial charge in [-0.2, -0.15) is 26.3 Å². The second-order valence-corrected chi connectivity index (χ2v) is 3.35. The third-order valence-electron chi connectivity index (χ3n) is 2.33. The van der Waals surface area contributed by atoms with Gasteiger partial charge in [0.2, 0.25) is 0 Å². The van der Waals surface area contributed by atoms with Gasteiger partial charge in [0, 0.05) is 0 Å². The van der Waals surface area contributed by atoms with Gasteiger partial charge in [0.1, 0.15) is 5.41 Å². The summed E-state index contributed by atoms with van der Waals surface area (Å²) in [4.78, 5) is 0. The molecule has 0 saturated heterocycles. The van der Waals surface area contributed by atoms with Gasteiger partial charge in [-0.25, -0.2) is 0 Å². The molecule has 0 rings (SSSR count). The standard InChI is InChI=1S/C5H8B2F6/c1-3(2(6)7,4(8,9)10)5(11,12)13/h2H,6-7H2,1H3. The Morgan fingerprint density at radius 3 is 1.08 bits per heavy atom. The minimum absolute atomic E-state index is 0.178. The predicted molar refractivity (Wildman–Crippen MR) is 41.1 cm³/mol. The van der Waals surface area contributed by atoms with E-state index in [0.29, 0.717) is 0 Å². The Morgan fingerprint density at radius 2 is 1.08 bits per heavy atom. The van der Waals surface area contributed by atoms with Crippen LogP contribution in [0.1, 0.15) is 6.92 Å². The van der Waals surface area contributed by atoms with Gasteiger partial charge in [0.05, 0.1) is 15.7 Å². The van der Waals surface area contributed by atoms with Gasteiger partial charge in [0.15, 0.2) is 0 Å². The molecule has 0 atom stereocenters. The highest BCUT2D eigenvalue weighted by Crippen LogP contribution is 2.54. The van der Waals surface area contributed by atoms with Crippen molar-refractivity contribution in [3.05, 3.63) is 0 Å². The molecule has 0 N–H and O–H groups in total. The van der Waals surface area contributed by atoms with Crippen LogP contribution in [0.3, 0.4) is 0 Å². The van der Waals surface area contributed by atoms with E-state index in [-0.39, 0.29) is 6.92 Å². The van der Waals surface area contributed by atoms with Crippen molar-refractivity contribution >= 4 is 15.7 Å². The topological polar surface area (TPSA) is 0 Å². The van der Waals surface area contributed by atoms with Crippen molar-refractivity contribution < 1.29 is 26.3 Å². The van der Waals surface area contributed by atoms with Crippen molar-refractivity contribution in [1.82, 2.24) is 0 Å². The SMILES string of the molecule is BC(B)C(C)(C(F)(F)F)C(F)(F)F. The molecule has 0 aliphatic carbocycles. The van der Waals surface area contributed by atoms with E-state index < -0.39 is 23.5 Å². The van der Waals surface area contributed by atoms with Gasteiger partial charge < -0.3 is 0 Å². The fraction of sp³-hybridized carbons (Fsp3) is 1.00. The molecule has 76 valence electrons. The molecule has 0 spiro atoms. The average Bonchev–Trinajstić information content (AvgIpc) is 1.80. The summed E-state index contributed by atoms with van der Waals surface area (Å²) in [5.41, 5.74) is -5.16. The van der Waals surface area contributed by atoms with Gasteiger partial charge >= 0.3 is 12.4 Å². The van der Waals surface area contributed by atoms with Crippen LogP contribution in [0.25, 0.3) is 0 Å². The van der Waals surface area contributed by atoms with Crippen LogP contribution in [-0.2, 0) is 0 Å². The summed E-state index contributed by atoms with van der Waals surface area (Å²) in [7, 11) is 1.81. The molecule has 0 radical (unpaired) electrons. The van der Waals surface area contributed by atoms with Gasteiger partial charge in [-0.15, -0.1) is 0 Å². The molecular weight excluding hydrogens is 196 g/mol. The molecule has 0 aliphatic rings. The van der Waals surface area contributed by atoms with Crippen molar-refractivity contribution in [1.29, 1.82) is 0 Å². The van der Waals surface area contributed by atoms with E-state index in [1.807, 2.05) is 0 Å². The number of alkyl halides is 6. The lowest BCUT2D eigenvalue weighted by atomic mass is 9.55. The summed E-state index contributed by atoms with van der Waals surface area (Å²) in [5.74, 6) is 0. The van der Waals surface area contributed by atoms with Crippen LogP contribution in [-0.4, -0.2) is 28.0 Å². The quantitative estimate of drug-likeness (QED) is 0.443. The summed E-state index contributed by atoms with van der Waals surface area (Å²) in [6.07, 6.45) is -10.5. The molecule has 0 aromatic heterocycles. The number of rotatable bonds is 1. The second kappa shape index (κ2) is 3.13. The molecular formula is C5H8B2F6. The Bertz CT molecular complexity index is 166. The Kier molecular flexibility index (Phi) is 3.06. The first-order valence-corrected chi connectivity index (χ1v) is 3.58. The molecule has 0 aliphatic heterocycles. The fourth-order valence-corrected chi connectivity index (χ4v) is 0.815. The van der Waals surface area contributed by atoms with Crippen LogP contribution >= 0.6 is 0 Å². The highest BCUT2D eigenvalue weighted by molar-refractivity contribution is 6.36. The summed E-state index contributed by atoms with van der Waals surface area (Å²) in [6, 6.07) is 0. The molecule has 13 heavy (non-hydrogen) atoms. The normalized spacial score (nSPS) is 15.1. The Labute approximate surface area is 73.5 Å². The van der Waals surface area contributed by atoms with Crippen molar-refractivity contribution in [3.63, 3.8) is 0 Å². The van der Waals surface area contributed by atoms with Gasteiger partial charge in [0.25, 0.3) is 0 Å². The number of halogens is 6. The third kappa shape index (κ3) is 1.96. The minimum Gasteiger partial charge on any atom is -0.170 e. The Morgan fingerprint density at radius 1 is 0.846 bits per heavy atom.